The molecule has 0 aromatic heterocycles. The van der Waals surface area contributed by atoms with Gasteiger partial charge in [0.2, 0.25) is 0 Å². The summed E-state index contributed by atoms with van der Waals surface area (Å²) in [4.78, 5) is 2.29. The van der Waals surface area contributed by atoms with E-state index in [1.54, 1.807) is 6.92 Å². The molecule has 0 radical (unpaired) electrons. The Kier molecular flexibility index (Phi) is 3.52. The van der Waals surface area contributed by atoms with Crippen LogP contribution in [0.15, 0.2) is 0 Å². The van der Waals surface area contributed by atoms with Crippen LogP contribution in [0.5, 0.6) is 0 Å². The molecule has 1 aliphatic carbocycles. The van der Waals surface area contributed by atoms with E-state index < -0.39 is 5.54 Å². The molecule has 3 atom stereocenters. The van der Waals surface area contributed by atoms with Crippen molar-refractivity contribution < 1.29 is 0 Å². The summed E-state index contributed by atoms with van der Waals surface area (Å²) in [6.07, 6.45) is 2.11. The molecule has 0 spiro atoms. The minimum Gasteiger partial charge on any atom is -0.314 e. The van der Waals surface area contributed by atoms with Gasteiger partial charge in [-0.1, -0.05) is 6.92 Å². The van der Waals surface area contributed by atoms with Gasteiger partial charge < -0.3 is 10.6 Å². The Morgan fingerprint density at radius 1 is 1.64 bits per heavy atom. The Morgan fingerprint density at radius 3 is 2.64 bits per heavy atom. The van der Waals surface area contributed by atoms with Crippen LogP contribution in [0.25, 0.3) is 0 Å². The highest BCUT2D eigenvalue weighted by atomic mass is 15.1. The van der Waals surface area contributed by atoms with Gasteiger partial charge in [-0.25, -0.2) is 0 Å². The van der Waals surface area contributed by atoms with Gasteiger partial charge in [0.15, 0.2) is 0 Å². The standard InChI is InChI=1S/C11H21N3/c1-9-6-10(9)7-14(3)5-4-11(2,13)8-12/h9-10H,4-7,13H2,1-3H3. The molecular weight excluding hydrogens is 174 g/mol. The van der Waals surface area contributed by atoms with Crippen molar-refractivity contribution in [2.45, 2.75) is 32.2 Å². The Bertz CT molecular complexity index is 229. The molecular formula is C11H21N3. The predicted octanol–water partition coefficient (Wildman–Crippen LogP) is 1.21. The fraction of sp³-hybridized carbons (Fsp3) is 0.909. The maximum absolute atomic E-state index is 8.75. The second kappa shape index (κ2) is 4.29. The van der Waals surface area contributed by atoms with Gasteiger partial charge in [-0.05, 0) is 38.6 Å². The second-order valence-electron chi connectivity index (χ2n) is 5.01. The van der Waals surface area contributed by atoms with E-state index in [-0.39, 0.29) is 0 Å². The smallest absolute Gasteiger partial charge is 0.102 e. The average Bonchev–Trinajstić information content (AvgIpc) is 2.79. The average molecular weight is 195 g/mol. The molecule has 0 aromatic rings. The van der Waals surface area contributed by atoms with Crippen LogP contribution in [0.2, 0.25) is 0 Å². The van der Waals surface area contributed by atoms with E-state index in [1.165, 1.54) is 6.42 Å². The monoisotopic (exact) mass is 195 g/mol. The van der Waals surface area contributed by atoms with Crippen LogP contribution >= 0.6 is 0 Å². The van der Waals surface area contributed by atoms with Gasteiger partial charge in [0.05, 0.1) is 6.07 Å². The van der Waals surface area contributed by atoms with Crippen molar-refractivity contribution in [3.8, 4) is 6.07 Å². The van der Waals surface area contributed by atoms with Crippen molar-refractivity contribution in [3.63, 3.8) is 0 Å². The highest BCUT2D eigenvalue weighted by Crippen LogP contribution is 2.37. The molecule has 1 fully saturated rings. The zero-order valence-electron chi connectivity index (χ0n) is 9.45. The maximum atomic E-state index is 8.75. The van der Waals surface area contributed by atoms with Crippen molar-refractivity contribution in [2.24, 2.45) is 17.6 Å². The predicted molar refractivity (Wildman–Crippen MR) is 57.6 cm³/mol. The van der Waals surface area contributed by atoms with E-state index in [4.69, 9.17) is 11.0 Å². The molecule has 0 aromatic carbocycles. The van der Waals surface area contributed by atoms with Crippen LogP contribution in [0.3, 0.4) is 0 Å². The molecule has 3 heteroatoms. The number of rotatable bonds is 5. The first-order valence-electron chi connectivity index (χ1n) is 5.33. The Balaban J connectivity index is 2.15. The van der Waals surface area contributed by atoms with Crippen LogP contribution in [0.4, 0.5) is 0 Å². The summed E-state index contributed by atoms with van der Waals surface area (Å²) in [5.41, 5.74) is 5.09. The molecule has 14 heavy (non-hydrogen) atoms. The number of nitrogens with zero attached hydrogens (tertiary/aromatic N) is 2. The lowest BCUT2D eigenvalue weighted by Crippen LogP contribution is -2.38. The number of hydrogen-bond acceptors (Lipinski definition) is 3. The van der Waals surface area contributed by atoms with Crippen LogP contribution in [0.1, 0.15) is 26.7 Å². The third-order valence-corrected chi connectivity index (χ3v) is 3.09. The summed E-state index contributed by atoms with van der Waals surface area (Å²) >= 11 is 0. The maximum Gasteiger partial charge on any atom is 0.102 e. The summed E-state index contributed by atoms with van der Waals surface area (Å²) in [5, 5.41) is 8.75. The van der Waals surface area contributed by atoms with Crippen LogP contribution in [0, 0.1) is 23.2 Å². The quantitative estimate of drug-likeness (QED) is 0.717. The molecule has 1 rings (SSSR count). The molecule has 0 amide bonds. The number of nitrogens with two attached hydrogens (primary N) is 1. The molecule has 1 saturated carbocycles. The zero-order chi connectivity index (χ0) is 10.8. The fourth-order valence-electron chi connectivity index (χ4n) is 1.62. The van der Waals surface area contributed by atoms with E-state index in [0.29, 0.717) is 0 Å². The van der Waals surface area contributed by atoms with Crippen molar-refractivity contribution >= 4 is 0 Å². The summed E-state index contributed by atoms with van der Waals surface area (Å²) in [7, 11) is 2.11. The Hall–Kier alpha value is -0.590. The van der Waals surface area contributed by atoms with E-state index >= 15 is 0 Å². The van der Waals surface area contributed by atoms with Gasteiger partial charge in [0.25, 0.3) is 0 Å². The second-order valence-corrected chi connectivity index (χ2v) is 5.01. The highest BCUT2D eigenvalue weighted by molar-refractivity contribution is 5.01. The molecule has 0 heterocycles. The van der Waals surface area contributed by atoms with Gasteiger partial charge in [-0.2, -0.15) is 5.26 Å². The Morgan fingerprint density at radius 2 is 2.21 bits per heavy atom. The van der Waals surface area contributed by atoms with Crippen molar-refractivity contribution in [2.75, 3.05) is 20.1 Å². The van der Waals surface area contributed by atoms with Crippen molar-refractivity contribution in [1.82, 2.24) is 4.90 Å². The van der Waals surface area contributed by atoms with Crippen LogP contribution in [-0.2, 0) is 0 Å². The van der Waals surface area contributed by atoms with Crippen molar-refractivity contribution in [1.29, 1.82) is 5.26 Å². The summed E-state index contributed by atoms with van der Waals surface area (Å²) in [6.45, 7) is 6.16. The zero-order valence-corrected chi connectivity index (χ0v) is 9.45. The van der Waals surface area contributed by atoms with E-state index in [2.05, 4.69) is 24.9 Å². The lowest BCUT2D eigenvalue weighted by atomic mass is 10.0. The minimum atomic E-state index is -0.663. The summed E-state index contributed by atoms with van der Waals surface area (Å²) in [5.74, 6) is 1.78. The summed E-state index contributed by atoms with van der Waals surface area (Å²) < 4.78 is 0. The SMILES string of the molecule is CC1CC1CN(C)CCC(C)(N)C#N. The molecule has 80 valence electrons. The van der Waals surface area contributed by atoms with E-state index in [1.807, 2.05) is 0 Å². The highest BCUT2D eigenvalue weighted by Gasteiger charge is 2.33. The normalized spacial score (nSPS) is 29.7. The molecule has 0 bridgehead atoms. The number of hydrogen-bond donors (Lipinski definition) is 1. The first kappa shape index (κ1) is 11.5. The van der Waals surface area contributed by atoms with E-state index in [0.717, 1.165) is 31.3 Å². The topological polar surface area (TPSA) is 53.0 Å². The van der Waals surface area contributed by atoms with Gasteiger partial charge in [0, 0.05) is 13.1 Å². The van der Waals surface area contributed by atoms with Gasteiger partial charge in [0.1, 0.15) is 5.54 Å². The lowest BCUT2D eigenvalue weighted by molar-refractivity contribution is 0.292. The van der Waals surface area contributed by atoms with Gasteiger partial charge in [-0.3, -0.25) is 0 Å². The molecule has 1 aliphatic rings. The lowest BCUT2D eigenvalue weighted by Gasteiger charge is -2.21. The summed E-state index contributed by atoms with van der Waals surface area (Å²) in [6, 6.07) is 2.13. The first-order valence-corrected chi connectivity index (χ1v) is 5.33. The third-order valence-electron chi connectivity index (χ3n) is 3.09. The minimum absolute atomic E-state index is 0.663. The van der Waals surface area contributed by atoms with Crippen LogP contribution < -0.4 is 5.73 Å². The van der Waals surface area contributed by atoms with Gasteiger partial charge >= 0.3 is 0 Å². The molecule has 0 aliphatic heterocycles. The molecule has 3 nitrogen and oxygen atoms in total. The first-order chi connectivity index (χ1) is 6.44. The third kappa shape index (κ3) is 3.65. The van der Waals surface area contributed by atoms with Gasteiger partial charge in [-0.15, -0.1) is 0 Å². The van der Waals surface area contributed by atoms with Crippen LogP contribution in [-0.4, -0.2) is 30.6 Å². The van der Waals surface area contributed by atoms with E-state index in [9.17, 15) is 0 Å². The number of nitriles is 1. The van der Waals surface area contributed by atoms with Crippen molar-refractivity contribution in [3.05, 3.63) is 0 Å². The Labute approximate surface area is 86.9 Å². The fourth-order valence-corrected chi connectivity index (χ4v) is 1.62. The molecule has 3 unspecified atom stereocenters. The molecule has 0 saturated heterocycles. The largest absolute Gasteiger partial charge is 0.314 e. The molecule has 2 N–H and O–H groups in total.